The second-order valence-electron chi connectivity index (χ2n) is 12.7. The molecule has 0 radical (unpaired) electrons. The number of ether oxygens (including phenoxy) is 4. The number of nitrogens with zero attached hydrogens (tertiary/aromatic N) is 2. The van der Waals surface area contributed by atoms with Gasteiger partial charge in [0, 0.05) is 43.7 Å². The number of hydrogen-bond donors (Lipinski definition) is 2. The van der Waals surface area contributed by atoms with Gasteiger partial charge in [-0.2, -0.15) is 0 Å². The molecule has 0 aliphatic heterocycles. The van der Waals surface area contributed by atoms with Gasteiger partial charge in [0.1, 0.15) is 16.8 Å². The van der Waals surface area contributed by atoms with Crippen molar-refractivity contribution in [1.29, 1.82) is 0 Å². The number of benzene rings is 6. The lowest BCUT2D eigenvalue weighted by atomic mass is 10.1. The van der Waals surface area contributed by atoms with Crippen LogP contribution in [0.15, 0.2) is 118 Å². The van der Waals surface area contributed by atoms with E-state index in [9.17, 15) is 9.59 Å². The molecule has 8 aromatic rings. The van der Waals surface area contributed by atoms with Crippen molar-refractivity contribution in [3.8, 4) is 45.9 Å². The van der Waals surface area contributed by atoms with Gasteiger partial charge in [-0.3, -0.25) is 9.59 Å². The van der Waals surface area contributed by atoms with Crippen LogP contribution >= 0.6 is 46.4 Å². The third-order valence-corrected chi connectivity index (χ3v) is 9.81. The lowest BCUT2D eigenvalue weighted by Crippen LogP contribution is -2.12. The molecule has 2 aromatic heterocycles. The fraction of sp³-hybridized carbons (Fsp3) is 0.0909. The molecule has 0 saturated heterocycles. The lowest BCUT2D eigenvalue weighted by molar-refractivity contribution is 0.101. The molecular formula is C44H32Cl4N4O8. The Morgan fingerprint density at radius 2 is 1.02 bits per heavy atom. The van der Waals surface area contributed by atoms with E-state index in [1.165, 1.54) is 21.3 Å². The van der Waals surface area contributed by atoms with E-state index in [4.69, 9.17) is 74.2 Å². The van der Waals surface area contributed by atoms with Gasteiger partial charge in [-0.25, -0.2) is 9.97 Å². The molecule has 2 N–H and O–H groups in total. The van der Waals surface area contributed by atoms with Crippen LogP contribution in [-0.4, -0.2) is 50.2 Å². The van der Waals surface area contributed by atoms with Crippen molar-refractivity contribution in [3.05, 3.63) is 140 Å². The number of carbonyl (C=O) groups excluding carboxylic acids is 2. The molecule has 16 heteroatoms. The Kier molecular flexibility index (Phi) is 12.7. The number of fused-ring (bicyclic) bond motifs is 2. The van der Waals surface area contributed by atoms with Gasteiger partial charge in [0.2, 0.25) is 17.5 Å². The Hall–Kier alpha value is -6.44. The Morgan fingerprint density at radius 3 is 1.48 bits per heavy atom. The average Bonchev–Trinajstić information content (AvgIpc) is 3.89. The van der Waals surface area contributed by atoms with Crippen molar-refractivity contribution >= 4 is 91.8 Å². The van der Waals surface area contributed by atoms with Crippen LogP contribution in [0.25, 0.3) is 45.1 Å². The molecule has 0 aliphatic carbocycles. The predicted molar refractivity (Wildman–Crippen MR) is 234 cm³/mol. The second kappa shape index (κ2) is 18.2. The molecular weight excluding hydrogens is 854 g/mol. The van der Waals surface area contributed by atoms with E-state index in [1.54, 1.807) is 104 Å². The van der Waals surface area contributed by atoms with Gasteiger partial charge in [0.05, 0.1) is 38.5 Å². The molecule has 0 bridgehead atoms. The van der Waals surface area contributed by atoms with Crippen molar-refractivity contribution in [3.63, 3.8) is 0 Å². The van der Waals surface area contributed by atoms with Gasteiger partial charge < -0.3 is 38.4 Å². The van der Waals surface area contributed by atoms with E-state index in [-0.39, 0.29) is 11.8 Å². The van der Waals surface area contributed by atoms with Crippen LogP contribution in [0, 0.1) is 0 Å². The zero-order valence-corrected chi connectivity index (χ0v) is 35.1. The number of hydrogen-bond acceptors (Lipinski definition) is 10. The summed E-state index contributed by atoms with van der Waals surface area (Å²) >= 11 is 24.4. The van der Waals surface area contributed by atoms with E-state index in [0.717, 1.165) is 0 Å². The van der Waals surface area contributed by atoms with Crippen molar-refractivity contribution in [2.24, 2.45) is 0 Å². The summed E-state index contributed by atoms with van der Waals surface area (Å²) in [5, 5.41) is 7.43. The number of amides is 2. The van der Waals surface area contributed by atoms with Crippen LogP contribution in [0.5, 0.6) is 23.0 Å². The van der Waals surface area contributed by atoms with E-state index < -0.39 is 0 Å². The number of oxazole rings is 2. The van der Waals surface area contributed by atoms with Gasteiger partial charge in [-0.1, -0.05) is 64.6 Å². The number of halogens is 4. The van der Waals surface area contributed by atoms with Gasteiger partial charge >= 0.3 is 0 Å². The predicted octanol–water partition coefficient (Wildman–Crippen LogP) is 12.1. The Bertz CT molecular complexity index is 2870. The zero-order chi connectivity index (χ0) is 42.5. The summed E-state index contributed by atoms with van der Waals surface area (Å²) in [6.07, 6.45) is 0. The molecule has 0 unspecified atom stereocenters. The molecule has 0 fully saturated rings. The first kappa shape index (κ1) is 41.7. The monoisotopic (exact) mass is 884 g/mol. The van der Waals surface area contributed by atoms with E-state index >= 15 is 0 Å². The summed E-state index contributed by atoms with van der Waals surface area (Å²) < 4.78 is 32.7. The maximum absolute atomic E-state index is 12.9. The number of methoxy groups -OCH3 is 4. The van der Waals surface area contributed by atoms with Crippen molar-refractivity contribution < 1.29 is 37.4 Å². The van der Waals surface area contributed by atoms with Crippen LogP contribution in [0.4, 0.5) is 11.4 Å². The molecule has 2 amide bonds. The molecule has 0 aliphatic rings. The van der Waals surface area contributed by atoms with E-state index in [1.807, 2.05) is 12.1 Å². The lowest BCUT2D eigenvalue weighted by Gasteiger charge is -2.14. The quantitative estimate of drug-likeness (QED) is 0.136. The summed E-state index contributed by atoms with van der Waals surface area (Å²) in [6.45, 7) is 0. The largest absolute Gasteiger partial charge is 0.497 e. The molecule has 60 heavy (non-hydrogen) atoms. The summed E-state index contributed by atoms with van der Waals surface area (Å²) in [4.78, 5) is 34.3. The summed E-state index contributed by atoms with van der Waals surface area (Å²) in [7, 11) is 6.03. The third kappa shape index (κ3) is 9.22. The van der Waals surface area contributed by atoms with E-state index in [2.05, 4.69) is 20.6 Å². The number of rotatable bonds is 10. The highest BCUT2D eigenvalue weighted by Crippen LogP contribution is 2.39. The number of aromatic nitrogens is 2. The highest BCUT2D eigenvalue weighted by Gasteiger charge is 2.19. The summed E-state index contributed by atoms with van der Waals surface area (Å²) in [6, 6.07) is 30.9. The van der Waals surface area contributed by atoms with Crippen LogP contribution < -0.4 is 29.6 Å². The third-order valence-electron chi connectivity index (χ3n) is 8.81. The molecule has 6 aromatic carbocycles. The van der Waals surface area contributed by atoms with Gasteiger partial charge in [0.25, 0.3) is 11.8 Å². The minimum atomic E-state index is -0.353. The average molecular weight is 887 g/mol. The van der Waals surface area contributed by atoms with Crippen LogP contribution in [-0.2, 0) is 0 Å². The second-order valence-corrected chi connectivity index (χ2v) is 14.4. The minimum Gasteiger partial charge on any atom is -0.497 e. The summed E-state index contributed by atoms with van der Waals surface area (Å²) in [5.74, 6) is 1.93. The molecule has 8 rings (SSSR count). The zero-order valence-electron chi connectivity index (χ0n) is 32.1. The number of carbonyl (C=O) groups is 2. The van der Waals surface area contributed by atoms with Gasteiger partial charge in [-0.05, 0) is 91.0 Å². The number of anilines is 2. The Labute approximate surface area is 362 Å². The van der Waals surface area contributed by atoms with E-state index in [0.29, 0.717) is 111 Å². The van der Waals surface area contributed by atoms with Crippen molar-refractivity contribution in [2.75, 3.05) is 39.1 Å². The molecule has 0 saturated carbocycles. The SMILES string of the molecule is COc1cc(C(=O)Nc2cccc(-c3nc4cc(Cl)cc(Cl)c4o3)c2)cc(OC)c1OC.COc1cccc(C(=O)Nc2cccc(-c3nc4cc(Cl)cc(Cl)c4o3)c2)c1. The smallest absolute Gasteiger partial charge is 0.255 e. The van der Waals surface area contributed by atoms with Crippen molar-refractivity contribution in [2.45, 2.75) is 0 Å². The Morgan fingerprint density at radius 1 is 0.533 bits per heavy atom. The first-order valence-corrected chi connectivity index (χ1v) is 19.3. The highest BCUT2D eigenvalue weighted by atomic mass is 35.5. The fourth-order valence-electron chi connectivity index (χ4n) is 6.01. The minimum absolute atomic E-state index is 0.247. The van der Waals surface area contributed by atoms with Crippen LogP contribution in [0.2, 0.25) is 20.1 Å². The maximum Gasteiger partial charge on any atom is 0.255 e. The first-order chi connectivity index (χ1) is 29.0. The fourth-order valence-corrected chi connectivity index (χ4v) is 7.05. The van der Waals surface area contributed by atoms with Crippen LogP contribution in [0.1, 0.15) is 20.7 Å². The summed E-state index contributed by atoms with van der Waals surface area (Å²) in [5.41, 5.74) is 5.38. The molecule has 304 valence electrons. The maximum atomic E-state index is 12.9. The van der Waals surface area contributed by atoms with Crippen molar-refractivity contribution in [1.82, 2.24) is 9.97 Å². The molecule has 2 heterocycles. The van der Waals surface area contributed by atoms with Gasteiger partial charge in [0.15, 0.2) is 22.7 Å². The number of nitrogens with one attached hydrogen (secondary N) is 2. The topological polar surface area (TPSA) is 147 Å². The first-order valence-electron chi connectivity index (χ1n) is 17.8. The molecule has 0 atom stereocenters. The highest BCUT2D eigenvalue weighted by molar-refractivity contribution is 6.38. The standard InChI is InChI=1S/C23H18Cl2N2O5.C21H14Cl2N2O3/c1-29-18-8-13(9-19(30-2)21(18)31-3)22(28)26-15-6-4-5-12(7-15)23-27-17-11-14(24)10-16(25)20(17)32-23;1-27-16-7-3-4-12(9-16)20(26)24-15-6-2-5-13(8-15)21-25-18-11-14(22)10-17(23)19(18)28-21/h4-11H,1-3H3,(H,26,28);2-11H,1H3,(H,24,26). The van der Waals surface area contributed by atoms with Crippen LogP contribution in [0.3, 0.4) is 0 Å². The van der Waals surface area contributed by atoms with Gasteiger partial charge in [-0.15, -0.1) is 0 Å². The normalized spacial score (nSPS) is 10.8. The Balaban J connectivity index is 0.000000183. The molecule has 0 spiro atoms. The molecule has 12 nitrogen and oxygen atoms in total.